The zero-order valence-corrected chi connectivity index (χ0v) is 18.0. The maximum atomic E-state index is 12.8. The summed E-state index contributed by atoms with van der Waals surface area (Å²) in [4.78, 5) is 30.1. The van der Waals surface area contributed by atoms with E-state index in [4.69, 9.17) is 0 Å². The molecule has 0 bridgehead atoms. The van der Waals surface area contributed by atoms with E-state index in [0.717, 1.165) is 6.42 Å². The molecular weight excluding hydrogens is 398 g/mol. The smallest absolute Gasteiger partial charge is 0.274 e. The topological polar surface area (TPSA) is 126 Å². The minimum Gasteiger partial charge on any atom is -0.388 e. The van der Waals surface area contributed by atoms with Gasteiger partial charge in [0.25, 0.3) is 11.5 Å². The normalized spacial score (nSPS) is 20.5. The molecule has 0 spiro atoms. The second kappa shape index (κ2) is 7.69. The van der Waals surface area contributed by atoms with E-state index in [1.165, 1.54) is 10.7 Å². The summed E-state index contributed by atoms with van der Waals surface area (Å²) >= 11 is 0. The van der Waals surface area contributed by atoms with Crippen LogP contribution >= 0.6 is 0 Å². The van der Waals surface area contributed by atoms with E-state index < -0.39 is 5.60 Å². The number of amides is 1. The number of aliphatic hydroxyl groups is 1. The van der Waals surface area contributed by atoms with Crippen molar-refractivity contribution in [2.45, 2.75) is 51.3 Å². The fourth-order valence-corrected chi connectivity index (χ4v) is 3.69. The zero-order valence-electron chi connectivity index (χ0n) is 18.0. The molecular formula is C21H27N7O3. The molecule has 10 heteroatoms. The van der Waals surface area contributed by atoms with Gasteiger partial charge in [0, 0.05) is 25.4 Å². The number of carbonyl (C=O) groups excluding carboxylic acids is 1. The highest BCUT2D eigenvalue weighted by atomic mass is 16.3. The van der Waals surface area contributed by atoms with Crippen LogP contribution in [0, 0.1) is 0 Å². The van der Waals surface area contributed by atoms with Crippen molar-refractivity contribution < 1.29 is 9.90 Å². The second-order valence-electron chi connectivity index (χ2n) is 8.35. The van der Waals surface area contributed by atoms with E-state index in [2.05, 4.69) is 26.0 Å². The van der Waals surface area contributed by atoms with Crippen molar-refractivity contribution in [3.63, 3.8) is 0 Å². The third kappa shape index (κ3) is 3.74. The lowest BCUT2D eigenvalue weighted by Gasteiger charge is -2.42. The fraction of sp³-hybridized carbons (Fsp3) is 0.429. The van der Waals surface area contributed by atoms with E-state index in [0.29, 0.717) is 29.4 Å². The van der Waals surface area contributed by atoms with Crippen molar-refractivity contribution >= 4 is 28.9 Å². The summed E-state index contributed by atoms with van der Waals surface area (Å²) < 4.78 is 3.15. The molecule has 2 atom stereocenters. The van der Waals surface area contributed by atoms with Gasteiger partial charge < -0.3 is 25.6 Å². The highest BCUT2D eigenvalue weighted by molar-refractivity contribution is 6.00. The first-order valence-electron chi connectivity index (χ1n) is 10.3. The van der Waals surface area contributed by atoms with Crippen LogP contribution in [0.15, 0.2) is 35.4 Å². The number of aromatic nitrogens is 4. The molecule has 31 heavy (non-hydrogen) atoms. The van der Waals surface area contributed by atoms with E-state index in [9.17, 15) is 14.7 Å². The molecule has 4 rings (SSSR count). The largest absolute Gasteiger partial charge is 0.388 e. The van der Waals surface area contributed by atoms with Crippen molar-refractivity contribution in [2.24, 2.45) is 0 Å². The molecule has 10 nitrogen and oxygen atoms in total. The van der Waals surface area contributed by atoms with E-state index in [1.54, 1.807) is 42.9 Å². The Morgan fingerprint density at radius 3 is 2.77 bits per heavy atom. The maximum Gasteiger partial charge on any atom is 0.274 e. The van der Waals surface area contributed by atoms with Crippen molar-refractivity contribution in [1.29, 1.82) is 0 Å². The highest BCUT2D eigenvalue weighted by Crippen LogP contribution is 2.32. The van der Waals surface area contributed by atoms with Crippen molar-refractivity contribution in [1.82, 2.24) is 24.5 Å². The summed E-state index contributed by atoms with van der Waals surface area (Å²) in [5.74, 6) is 0.650. The second-order valence-corrected chi connectivity index (χ2v) is 8.35. The molecule has 0 radical (unpaired) electrons. The van der Waals surface area contributed by atoms with Crippen LogP contribution in [0.1, 0.15) is 50.0 Å². The third-order valence-electron chi connectivity index (χ3n) is 5.76. The number of nitrogens with one attached hydrogen (secondary N) is 3. The quantitative estimate of drug-likeness (QED) is 0.475. The number of hydrogen-bond donors (Lipinski definition) is 4. The minimum atomic E-state index is -0.904. The Balaban J connectivity index is 1.70. The van der Waals surface area contributed by atoms with E-state index >= 15 is 0 Å². The molecule has 1 fully saturated rings. The zero-order chi connectivity index (χ0) is 22.3. The number of rotatable bonds is 6. The fourth-order valence-electron chi connectivity index (χ4n) is 3.69. The van der Waals surface area contributed by atoms with Crippen LogP contribution in [0.25, 0.3) is 5.65 Å². The van der Waals surface area contributed by atoms with Crippen LogP contribution in [0.2, 0.25) is 0 Å². The van der Waals surface area contributed by atoms with Gasteiger partial charge in [-0.2, -0.15) is 9.61 Å². The number of hydrogen-bond acceptors (Lipinski definition) is 7. The third-order valence-corrected chi connectivity index (χ3v) is 5.76. The van der Waals surface area contributed by atoms with Crippen molar-refractivity contribution in [3.05, 3.63) is 46.5 Å². The number of nitrogens with zero attached hydrogens (tertiary/aromatic N) is 4. The summed E-state index contributed by atoms with van der Waals surface area (Å²) in [6.07, 6.45) is 4.55. The first-order valence-corrected chi connectivity index (χ1v) is 10.3. The minimum absolute atomic E-state index is 0.0198. The Hall–Kier alpha value is -3.40. The first kappa shape index (κ1) is 20.9. The molecule has 164 valence electrons. The maximum absolute atomic E-state index is 12.8. The molecule has 4 N–H and O–H groups in total. The summed E-state index contributed by atoms with van der Waals surface area (Å²) in [6.45, 7) is 5.58. The lowest BCUT2D eigenvalue weighted by atomic mass is 9.76. The summed E-state index contributed by atoms with van der Waals surface area (Å²) in [6, 6.07) is 4.91. The Bertz CT molecular complexity index is 1200. The molecule has 3 heterocycles. The van der Waals surface area contributed by atoms with Gasteiger partial charge in [-0.25, -0.2) is 4.98 Å². The van der Waals surface area contributed by atoms with Gasteiger partial charge in [-0.05, 0) is 45.7 Å². The van der Waals surface area contributed by atoms with Gasteiger partial charge in [-0.1, -0.05) is 0 Å². The Morgan fingerprint density at radius 1 is 1.39 bits per heavy atom. The predicted molar refractivity (Wildman–Crippen MR) is 118 cm³/mol. The monoisotopic (exact) mass is 425 g/mol. The summed E-state index contributed by atoms with van der Waals surface area (Å²) in [5.41, 5.74) is -0.0603. The van der Waals surface area contributed by atoms with Crippen LogP contribution in [0.3, 0.4) is 0 Å². The molecule has 0 aromatic carbocycles. The Kier molecular flexibility index (Phi) is 5.18. The predicted octanol–water partition coefficient (Wildman–Crippen LogP) is 1.90. The average molecular weight is 425 g/mol. The van der Waals surface area contributed by atoms with Crippen LogP contribution < -0.4 is 21.5 Å². The number of fused-ring (bicyclic) bond motifs is 1. The molecule has 3 aromatic rings. The Labute approximate surface area is 179 Å². The Morgan fingerprint density at radius 2 is 2.16 bits per heavy atom. The lowest BCUT2D eigenvalue weighted by Crippen LogP contribution is -2.58. The lowest BCUT2D eigenvalue weighted by molar-refractivity contribution is -0.0486. The SMILES string of the molecule is CNc1cc(Nc2cccn(C(C)C)c2=O)nc2c(C(=O)NC3CC[C@]3(C)O)cnn12. The molecule has 1 aliphatic carbocycles. The van der Waals surface area contributed by atoms with E-state index in [-0.39, 0.29) is 29.1 Å². The van der Waals surface area contributed by atoms with Gasteiger partial charge in [0.2, 0.25) is 0 Å². The first-order chi connectivity index (χ1) is 14.7. The van der Waals surface area contributed by atoms with Gasteiger partial charge in [0.15, 0.2) is 5.65 Å². The van der Waals surface area contributed by atoms with Gasteiger partial charge in [0.1, 0.15) is 22.9 Å². The summed E-state index contributed by atoms with van der Waals surface area (Å²) in [5, 5.41) is 23.4. The molecule has 1 aliphatic rings. The molecule has 0 saturated heterocycles. The summed E-state index contributed by atoms with van der Waals surface area (Å²) in [7, 11) is 1.74. The van der Waals surface area contributed by atoms with Crippen LogP contribution in [-0.4, -0.2) is 48.9 Å². The van der Waals surface area contributed by atoms with Crippen LogP contribution in [-0.2, 0) is 0 Å². The van der Waals surface area contributed by atoms with Crippen LogP contribution in [0.4, 0.5) is 17.3 Å². The van der Waals surface area contributed by atoms with E-state index in [1.807, 2.05) is 13.8 Å². The molecule has 0 aliphatic heterocycles. The average Bonchev–Trinajstić information content (AvgIpc) is 3.16. The number of carbonyl (C=O) groups is 1. The van der Waals surface area contributed by atoms with Crippen LogP contribution in [0.5, 0.6) is 0 Å². The molecule has 3 aromatic heterocycles. The van der Waals surface area contributed by atoms with Gasteiger partial charge in [-0.15, -0.1) is 0 Å². The van der Waals surface area contributed by atoms with Gasteiger partial charge in [-0.3, -0.25) is 9.59 Å². The van der Waals surface area contributed by atoms with Crippen molar-refractivity contribution in [3.8, 4) is 0 Å². The van der Waals surface area contributed by atoms with Crippen molar-refractivity contribution in [2.75, 3.05) is 17.7 Å². The number of pyridine rings is 1. The molecule has 1 unspecified atom stereocenters. The highest BCUT2D eigenvalue weighted by Gasteiger charge is 2.42. The van der Waals surface area contributed by atoms with Gasteiger partial charge >= 0.3 is 0 Å². The standard InChI is InChI=1S/C21H27N7O3/c1-12(2)27-9-5-6-14(20(27)30)24-16-10-17(22-4)28-18(26-16)13(11-23-28)19(29)25-15-7-8-21(15,3)31/h5-6,9-12,15,22,31H,7-8H2,1-4H3,(H,24,26)(H,25,29)/t15?,21-/m0/s1. The molecule has 1 saturated carbocycles. The number of anilines is 3. The van der Waals surface area contributed by atoms with Gasteiger partial charge in [0.05, 0.1) is 17.8 Å². The molecule has 1 amide bonds.